The number of carbonyl (C=O) groups is 1. The van der Waals surface area contributed by atoms with Gasteiger partial charge in [0.2, 0.25) is 0 Å². The van der Waals surface area contributed by atoms with Gasteiger partial charge in [-0.05, 0) is 12.1 Å². The first kappa shape index (κ1) is 15.6. The van der Waals surface area contributed by atoms with Gasteiger partial charge in [0.25, 0.3) is 0 Å². The van der Waals surface area contributed by atoms with Crippen molar-refractivity contribution in [3.63, 3.8) is 0 Å². The van der Waals surface area contributed by atoms with Crippen LogP contribution in [0.3, 0.4) is 0 Å². The second kappa shape index (κ2) is 6.30. The number of primary amides is 1. The van der Waals surface area contributed by atoms with Crippen molar-refractivity contribution in [2.75, 3.05) is 6.54 Å². The van der Waals surface area contributed by atoms with Gasteiger partial charge < -0.3 is 16.2 Å². The van der Waals surface area contributed by atoms with Crippen LogP contribution in [0.15, 0.2) is 24.5 Å². The number of nitrogens with two attached hydrogens (primary N) is 1. The minimum absolute atomic E-state index is 0.0398. The number of benzene rings is 1. The summed E-state index contributed by atoms with van der Waals surface area (Å²) >= 11 is 12.0. The van der Waals surface area contributed by atoms with Gasteiger partial charge >= 0.3 is 6.03 Å². The molecule has 9 heteroatoms. The Bertz CT molecular complexity index is 635. The molecule has 0 aliphatic rings. The summed E-state index contributed by atoms with van der Waals surface area (Å²) in [6, 6.07) is 3.93. The van der Waals surface area contributed by atoms with Crippen LogP contribution in [0.4, 0.5) is 4.79 Å². The zero-order valence-corrected chi connectivity index (χ0v) is 12.3. The third kappa shape index (κ3) is 3.84. The van der Waals surface area contributed by atoms with Crippen LogP contribution in [0.5, 0.6) is 0 Å². The molecule has 0 radical (unpaired) electrons. The second-order valence-corrected chi connectivity index (χ2v) is 5.31. The molecule has 2 rings (SSSR count). The van der Waals surface area contributed by atoms with E-state index in [1.165, 1.54) is 12.4 Å². The van der Waals surface area contributed by atoms with E-state index in [1.807, 2.05) is 0 Å². The van der Waals surface area contributed by atoms with Crippen LogP contribution in [-0.4, -0.2) is 32.9 Å². The number of halogens is 2. The normalized spacial score (nSPS) is 13.7. The van der Waals surface area contributed by atoms with Gasteiger partial charge in [0, 0.05) is 22.0 Å². The molecule has 0 saturated heterocycles. The summed E-state index contributed by atoms with van der Waals surface area (Å²) in [7, 11) is 0. The molecule has 1 atom stereocenters. The van der Waals surface area contributed by atoms with Crippen molar-refractivity contribution in [3.05, 3.63) is 46.0 Å². The number of urea groups is 1. The van der Waals surface area contributed by atoms with E-state index in [-0.39, 0.29) is 18.0 Å². The predicted octanol–water partition coefficient (Wildman–Crippen LogP) is 1.21. The molecule has 1 heterocycles. The lowest BCUT2D eigenvalue weighted by atomic mass is 9.90. The van der Waals surface area contributed by atoms with Gasteiger partial charge in [-0.2, -0.15) is 5.10 Å². The number of hydrogen-bond acceptors (Lipinski definition) is 4. The molecule has 21 heavy (non-hydrogen) atoms. The van der Waals surface area contributed by atoms with Crippen molar-refractivity contribution in [2.24, 2.45) is 5.73 Å². The molecule has 0 aliphatic carbocycles. The Kier molecular flexibility index (Phi) is 4.66. The number of aliphatic hydroxyl groups is 1. The van der Waals surface area contributed by atoms with E-state index in [0.29, 0.717) is 16.4 Å². The van der Waals surface area contributed by atoms with E-state index >= 15 is 0 Å². The standard InChI is InChI=1S/C12H13Cl2N5O2/c13-7-1-2-8(9(14)3-7)12(21,5-16-11(15)20)4-10-17-6-18-19-10/h1-3,6,21H,4-5H2,(H3,15,16,20)(H,17,18,19). The third-order valence-corrected chi connectivity index (χ3v) is 3.45. The maximum Gasteiger partial charge on any atom is 0.312 e. The molecule has 1 unspecified atom stereocenters. The monoisotopic (exact) mass is 329 g/mol. The van der Waals surface area contributed by atoms with E-state index < -0.39 is 11.6 Å². The number of nitrogens with zero attached hydrogens (tertiary/aromatic N) is 2. The van der Waals surface area contributed by atoms with Gasteiger partial charge in [-0.25, -0.2) is 9.78 Å². The fraction of sp³-hybridized carbons (Fsp3) is 0.250. The second-order valence-electron chi connectivity index (χ2n) is 4.47. The Morgan fingerprint density at radius 2 is 2.24 bits per heavy atom. The fourth-order valence-electron chi connectivity index (χ4n) is 1.94. The first-order valence-electron chi connectivity index (χ1n) is 5.96. The lowest BCUT2D eigenvalue weighted by molar-refractivity contribution is 0.0379. The minimum atomic E-state index is -1.51. The smallest absolute Gasteiger partial charge is 0.312 e. The average Bonchev–Trinajstić information content (AvgIpc) is 2.89. The number of nitrogens with one attached hydrogen (secondary N) is 2. The number of amides is 2. The van der Waals surface area contributed by atoms with Crippen LogP contribution in [0.1, 0.15) is 11.4 Å². The molecule has 0 saturated carbocycles. The van der Waals surface area contributed by atoms with Gasteiger partial charge in [-0.1, -0.05) is 29.3 Å². The zero-order valence-electron chi connectivity index (χ0n) is 10.8. The Morgan fingerprint density at radius 3 is 2.81 bits per heavy atom. The molecule has 0 bridgehead atoms. The quantitative estimate of drug-likeness (QED) is 0.659. The van der Waals surface area contributed by atoms with Gasteiger partial charge in [-0.15, -0.1) is 0 Å². The zero-order chi connectivity index (χ0) is 15.5. The van der Waals surface area contributed by atoms with Crippen LogP contribution in [0.25, 0.3) is 0 Å². The van der Waals surface area contributed by atoms with Crippen molar-refractivity contribution >= 4 is 29.2 Å². The number of aromatic amines is 1. The first-order chi connectivity index (χ1) is 9.90. The van der Waals surface area contributed by atoms with Crippen molar-refractivity contribution in [2.45, 2.75) is 12.0 Å². The molecule has 0 aliphatic heterocycles. The van der Waals surface area contributed by atoms with Crippen LogP contribution in [-0.2, 0) is 12.0 Å². The van der Waals surface area contributed by atoms with Gasteiger partial charge in [0.05, 0.1) is 6.54 Å². The summed E-state index contributed by atoms with van der Waals surface area (Å²) in [5.41, 5.74) is 3.94. The summed E-state index contributed by atoms with van der Waals surface area (Å²) < 4.78 is 0. The van der Waals surface area contributed by atoms with E-state index in [2.05, 4.69) is 20.5 Å². The molecule has 2 aromatic rings. The topological polar surface area (TPSA) is 117 Å². The first-order valence-corrected chi connectivity index (χ1v) is 6.72. The molecule has 112 valence electrons. The summed E-state index contributed by atoms with van der Waals surface area (Å²) in [5, 5.41) is 20.4. The molecule has 5 N–H and O–H groups in total. The largest absolute Gasteiger partial charge is 0.383 e. The molecule has 2 amide bonds. The lowest BCUT2D eigenvalue weighted by Crippen LogP contribution is -2.44. The Morgan fingerprint density at radius 1 is 1.48 bits per heavy atom. The number of H-pyrrole nitrogens is 1. The van der Waals surface area contributed by atoms with E-state index in [9.17, 15) is 9.90 Å². The Labute approximate surface area is 130 Å². The summed E-state index contributed by atoms with van der Waals surface area (Å²) in [4.78, 5) is 14.9. The Hall–Kier alpha value is -1.83. The van der Waals surface area contributed by atoms with Crippen molar-refractivity contribution in [3.8, 4) is 0 Å². The summed E-state index contributed by atoms with van der Waals surface area (Å²) in [6.07, 6.45) is 1.43. The average molecular weight is 330 g/mol. The van der Waals surface area contributed by atoms with Crippen LogP contribution < -0.4 is 11.1 Å². The van der Waals surface area contributed by atoms with E-state index in [4.69, 9.17) is 28.9 Å². The lowest BCUT2D eigenvalue weighted by Gasteiger charge is -2.28. The van der Waals surface area contributed by atoms with Crippen molar-refractivity contribution in [1.29, 1.82) is 0 Å². The number of hydrogen-bond donors (Lipinski definition) is 4. The maximum absolute atomic E-state index is 10.9. The van der Waals surface area contributed by atoms with Crippen LogP contribution in [0.2, 0.25) is 10.0 Å². The summed E-state index contributed by atoms with van der Waals surface area (Å²) in [6.45, 7) is -0.141. The van der Waals surface area contributed by atoms with Crippen molar-refractivity contribution < 1.29 is 9.90 Å². The van der Waals surface area contributed by atoms with Crippen LogP contribution >= 0.6 is 23.2 Å². The molecular weight excluding hydrogens is 317 g/mol. The number of carbonyl (C=O) groups excluding carboxylic acids is 1. The molecule has 1 aromatic carbocycles. The fourth-order valence-corrected chi connectivity index (χ4v) is 2.52. The van der Waals surface area contributed by atoms with Gasteiger partial charge in [0.1, 0.15) is 11.9 Å². The maximum atomic E-state index is 10.9. The Balaban J connectivity index is 2.36. The highest BCUT2D eigenvalue weighted by Gasteiger charge is 2.33. The highest BCUT2D eigenvalue weighted by molar-refractivity contribution is 6.35. The molecule has 0 fully saturated rings. The third-order valence-electron chi connectivity index (χ3n) is 2.90. The van der Waals surface area contributed by atoms with Crippen LogP contribution in [0, 0.1) is 0 Å². The SMILES string of the molecule is NC(=O)NCC(O)(Cc1nc[nH]n1)c1ccc(Cl)cc1Cl. The minimum Gasteiger partial charge on any atom is -0.383 e. The van der Waals surface area contributed by atoms with E-state index in [1.54, 1.807) is 12.1 Å². The molecule has 7 nitrogen and oxygen atoms in total. The van der Waals surface area contributed by atoms with Gasteiger partial charge in [0.15, 0.2) is 5.82 Å². The van der Waals surface area contributed by atoms with E-state index in [0.717, 1.165) is 0 Å². The highest BCUT2D eigenvalue weighted by Crippen LogP contribution is 2.32. The van der Waals surface area contributed by atoms with Crippen molar-refractivity contribution in [1.82, 2.24) is 20.5 Å². The number of rotatable bonds is 5. The molecule has 0 spiro atoms. The predicted molar refractivity (Wildman–Crippen MR) is 78.0 cm³/mol. The number of aromatic nitrogens is 3. The molecule has 1 aromatic heterocycles. The highest BCUT2D eigenvalue weighted by atomic mass is 35.5. The molecular formula is C12H13Cl2N5O2. The summed E-state index contributed by atoms with van der Waals surface area (Å²) in [5.74, 6) is 0.370. The van der Waals surface area contributed by atoms with Gasteiger partial charge in [-0.3, -0.25) is 5.10 Å².